The predicted octanol–water partition coefficient (Wildman–Crippen LogP) is 4.90. The molecule has 3 rings (SSSR count). The van der Waals surface area contributed by atoms with E-state index >= 15 is 0 Å². The second kappa shape index (κ2) is 9.39. The van der Waals surface area contributed by atoms with Gasteiger partial charge in [0.05, 0.1) is 22.1 Å². The average molecular weight is 414 g/mol. The summed E-state index contributed by atoms with van der Waals surface area (Å²) in [7, 11) is 0. The van der Waals surface area contributed by atoms with Crippen molar-refractivity contribution in [3.8, 4) is 0 Å². The van der Waals surface area contributed by atoms with Crippen molar-refractivity contribution in [3.05, 3.63) is 81.0 Å². The molecule has 3 N–H and O–H groups in total. The first-order valence-corrected chi connectivity index (χ1v) is 9.92. The van der Waals surface area contributed by atoms with Crippen LogP contribution in [0.4, 0.5) is 11.4 Å². The molecule has 1 heterocycles. The first-order chi connectivity index (χ1) is 13.5. The first kappa shape index (κ1) is 19.9. The number of hydrogen-bond acceptors (Lipinski definition) is 4. The molecule has 0 aliphatic rings. The van der Waals surface area contributed by atoms with Gasteiger partial charge >= 0.3 is 0 Å². The van der Waals surface area contributed by atoms with E-state index in [1.807, 2.05) is 48.5 Å². The monoisotopic (exact) mass is 413 g/mol. The smallest absolute Gasteiger partial charge is 0.265 e. The summed E-state index contributed by atoms with van der Waals surface area (Å²) in [6, 6.07) is 19.0. The third-order valence-electron chi connectivity index (χ3n) is 3.95. The van der Waals surface area contributed by atoms with Gasteiger partial charge in [-0.2, -0.15) is 0 Å². The van der Waals surface area contributed by atoms with Gasteiger partial charge in [0.25, 0.3) is 5.91 Å². The second-order valence-corrected chi connectivity index (χ2v) is 7.74. The Hall–Kier alpha value is -2.83. The topological polar surface area (TPSA) is 70.2 Å². The molecular formula is C21H20ClN3O2S. The molecule has 0 spiro atoms. The Labute approximate surface area is 172 Å². The van der Waals surface area contributed by atoms with Gasteiger partial charge < -0.3 is 16.0 Å². The zero-order chi connectivity index (χ0) is 19.9. The third kappa shape index (κ3) is 5.58. The van der Waals surface area contributed by atoms with Crippen LogP contribution in [0.2, 0.25) is 5.02 Å². The molecule has 0 saturated heterocycles. The van der Waals surface area contributed by atoms with Crippen LogP contribution >= 0.6 is 22.9 Å². The number of carbonyl (C=O) groups is 2. The summed E-state index contributed by atoms with van der Waals surface area (Å²) >= 11 is 7.69. The van der Waals surface area contributed by atoms with Crippen molar-refractivity contribution in [1.29, 1.82) is 0 Å². The van der Waals surface area contributed by atoms with Gasteiger partial charge in [0.2, 0.25) is 5.91 Å². The zero-order valence-electron chi connectivity index (χ0n) is 15.3. The second-order valence-electron chi connectivity index (χ2n) is 6.16. The number of benzene rings is 2. The zero-order valence-corrected chi connectivity index (χ0v) is 16.9. The van der Waals surface area contributed by atoms with Gasteiger partial charge in [-0.1, -0.05) is 41.9 Å². The molecule has 1 aromatic heterocycles. The number of halogens is 1. The fourth-order valence-electron chi connectivity index (χ4n) is 2.53. The number of nitrogens with one attached hydrogen (secondary N) is 3. The minimum absolute atomic E-state index is 0.102. The van der Waals surface area contributed by atoms with Crippen LogP contribution in [0.15, 0.2) is 60.7 Å². The SMILES string of the molecule is CC(=O)NCc1ccc(C(=O)Nc2ccc(NCc3ccccc3)c(Cl)c2)s1. The molecule has 0 saturated carbocycles. The predicted molar refractivity (Wildman–Crippen MR) is 115 cm³/mol. The molecule has 3 aromatic rings. The standard InChI is InChI=1S/C21H20ClN3O2S/c1-14(26)23-13-17-8-10-20(28-17)21(27)25-16-7-9-19(18(22)11-16)24-12-15-5-3-2-4-6-15/h2-11,24H,12-13H2,1H3,(H,23,26)(H,25,27). The van der Waals surface area contributed by atoms with Crippen LogP contribution in [0.25, 0.3) is 0 Å². The van der Waals surface area contributed by atoms with E-state index in [-0.39, 0.29) is 11.8 Å². The van der Waals surface area contributed by atoms with E-state index in [9.17, 15) is 9.59 Å². The maximum atomic E-state index is 12.4. The summed E-state index contributed by atoms with van der Waals surface area (Å²) in [6.45, 7) is 2.54. The normalized spacial score (nSPS) is 10.4. The summed E-state index contributed by atoms with van der Waals surface area (Å²) < 4.78 is 0. The Morgan fingerprint density at radius 3 is 2.50 bits per heavy atom. The molecule has 0 atom stereocenters. The van der Waals surface area contributed by atoms with Crippen LogP contribution in [0, 0.1) is 0 Å². The fraction of sp³-hybridized carbons (Fsp3) is 0.143. The molecule has 2 amide bonds. The minimum atomic E-state index is -0.208. The highest BCUT2D eigenvalue weighted by molar-refractivity contribution is 7.14. The highest BCUT2D eigenvalue weighted by atomic mass is 35.5. The number of amides is 2. The van der Waals surface area contributed by atoms with Crippen LogP contribution < -0.4 is 16.0 Å². The summed E-state index contributed by atoms with van der Waals surface area (Å²) in [5, 5.41) is 9.39. The van der Waals surface area contributed by atoms with Crippen molar-refractivity contribution in [3.63, 3.8) is 0 Å². The van der Waals surface area contributed by atoms with E-state index < -0.39 is 0 Å². The summed E-state index contributed by atoms with van der Waals surface area (Å²) in [6.07, 6.45) is 0. The first-order valence-electron chi connectivity index (χ1n) is 8.73. The molecule has 5 nitrogen and oxygen atoms in total. The fourth-order valence-corrected chi connectivity index (χ4v) is 3.62. The van der Waals surface area contributed by atoms with Crippen molar-refractivity contribution < 1.29 is 9.59 Å². The quantitative estimate of drug-likeness (QED) is 0.515. The van der Waals surface area contributed by atoms with E-state index in [0.29, 0.717) is 28.7 Å². The van der Waals surface area contributed by atoms with Gasteiger partial charge in [-0.3, -0.25) is 9.59 Å². The Morgan fingerprint density at radius 2 is 1.79 bits per heavy atom. The van der Waals surface area contributed by atoms with Crippen molar-refractivity contribution in [2.45, 2.75) is 20.0 Å². The van der Waals surface area contributed by atoms with Gasteiger partial charge in [-0.25, -0.2) is 0 Å². The maximum absolute atomic E-state index is 12.4. The number of thiophene rings is 1. The molecule has 0 fully saturated rings. The molecule has 28 heavy (non-hydrogen) atoms. The van der Waals surface area contributed by atoms with E-state index in [4.69, 9.17) is 11.6 Å². The summed E-state index contributed by atoms with van der Waals surface area (Å²) in [4.78, 5) is 24.9. The van der Waals surface area contributed by atoms with E-state index in [2.05, 4.69) is 16.0 Å². The van der Waals surface area contributed by atoms with Gasteiger partial charge in [-0.15, -0.1) is 11.3 Å². The lowest BCUT2D eigenvalue weighted by atomic mass is 10.2. The average Bonchev–Trinajstić information content (AvgIpc) is 3.16. The van der Waals surface area contributed by atoms with Crippen LogP contribution in [0.5, 0.6) is 0 Å². The molecular weight excluding hydrogens is 394 g/mol. The van der Waals surface area contributed by atoms with Crippen molar-refractivity contribution in [2.24, 2.45) is 0 Å². The van der Waals surface area contributed by atoms with Gasteiger partial charge in [0.15, 0.2) is 0 Å². The van der Waals surface area contributed by atoms with Gasteiger partial charge in [0.1, 0.15) is 0 Å². The molecule has 7 heteroatoms. The van der Waals surface area contributed by atoms with Crippen molar-refractivity contribution >= 4 is 46.1 Å². The van der Waals surface area contributed by atoms with Crippen LogP contribution in [0.3, 0.4) is 0 Å². The molecule has 144 valence electrons. The molecule has 0 bridgehead atoms. The van der Waals surface area contributed by atoms with Crippen molar-refractivity contribution in [1.82, 2.24) is 5.32 Å². The highest BCUT2D eigenvalue weighted by Crippen LogP contribution is 2.27. The molecule has 0 aliphatic carbocycles. The van der Waals surface area contributed by atoms with E-state index in [1.54, 1.807) is 12.1 Å². The minimum Gasteiger partial charge on any atom is -0.380 e. The van der Waals surface area contributed by atoms with Crippen LogP contribution in [-0.2, 0) is 17.9 Å². The van der Waals surface area contributed by atoms with Gasteiger partial charge in [-0.05, 0) is 35.9 Å². The van der Waals surface area contributed by atoms with Crippen LogP contribution in [0.1, 0.15) is 27.0 Å². The number of anilines is 2. The lowest BCUT2D eigenvalue weighted by molar-refractivity contribution is -0.119. The lowest BCUT2D eigenvalue weighted by Crippen LogP contribution is -2.18. The summed E-state index contributed by atoms with van der Waals surface area (Å²) in [5.74, 6) is -0.310. The molecule has 0 unspecified atom stereocenters. The Kier molecular flexibility index (Phi) is 6.68. The molecule has 0 aliphatic heterocycles. The molecule has 2 aromatic carbocycles. The van der Waals surface area contributed by atoms with Gasteiger partial charge in [0, 0.05) is 24.0 Å². The highest BCUT2D eigenvalue weighted by Gasteiger charge is 2.11. The largest absolute Gasteiger partial charge is 0.380 e. The number of rotatable bonds is 7. The Balaban J connectivity index is 1.59. The number of hydrogen-bond donors (Lipinski definition) is 3. The summed E-state index contributed by atoms with van der Waals surface area (Å²) in [5.41, 5.74) is 2.58. The third-order valence-corrected chi connectivity index (χ3v) is 5.35. The van der Waals surface area contributed by atoms with Crippen molar-refractivity contribution in [2.75, 3.05) is 10.6 Å². The van der Waals surface area contributed by atoms with E-state index in [0.717, 1.165) is 16.1 Å². The number of carbonyl (C=O) groups excluding carboxylic acids is 2. The van der Waals surface area contributed by atoms with Crippen LogP contribution in [-0.4, -0.2) is 11.8 Å². The van der Waals surface area contributed by atoms with E-state index in [1.165, 1.54) is 18.3 Å². The Morgan fingerprint density at radius 1 is 1.00 bits per heavy atom. The Bertz CT molecular complexity index is 973. The molecule has 0 radical (unpaired) electrons. The lowest BCUT2D eigenvalue weighted by Gasteiger charge is -2.11. The maximum Gasteiger partial charge on any atom is 0.265 e.